The third-order valence-electron chi connectivity index (χ3n) is 5.30. The van der Waals surface area contributed by atoms with E-state index in [2.05, 4.69) is 46.7 Å². The molecule has 6 nitrogen and oxygen atoms in total. The van der Waals surface area contributed by atoms with Crippen molar-refractivity contribution in [3.8, 4) is 11.5 Å². The minimum absolute atomic E-state index is 0.109. The van der Waals surface area contributed by atoms with Gasteiger partial charge in [-0.3, -0.25) is 9.89 Å². The van der Waals surface area contributed by atoms with Gasteiger partial charge >= 0.3 is 0 Å². The number of carbonyl (C=O) groups excluding carboxylic acids is 1. The Labute approximate surface area is 157 Å². The molecule has 0 radical (unpaired) electrons. The van der Waals surface area contributed by atoms with Gasteiger partial charge in [0.05, 0.1) is 6.26 Å². The third kappa shape index (κ3) is 3.66. The highest BCUT2D eigenvalue weighted by atomic mass is 16.5. The highest BCUT2D eigenvalue weighted by Gasteiger charge is 2.35. The maximum absolute atomic E-state index is 12.6. The molecule has 0 aliphatic carbocycles. The van der Waals surface area contributed by atoms with Gasteiger partial charge in [-0.15, -0.1) is 0 Å². The predicted octanol–water partition coefficient (Wildman–Crippen LogP) is 3.46. The Morgan fingerprint density at radius 3 is 2.70 bits per heavy atom. The van der Waals surface area contributed by atoms with Crippen molar-refractivity contribution in [2.75, 3.05) is 19.8 Å². The van der Waals surface area contributed by atoms with Crippen LogP contribution in [-0.4, -0.2) is 35.9 Å². The normalized spacial score (nSPS) is 16.2. The summed E-state index contributed by atoms with van der Waals surface area (Å²) in [7, 11) is 0. The fourth-order valence-electron chi connectivity index (χ4n) is 3.57. The Bertz CT molecular complexity index is 891. The van der Waals surface area contributed by atoms with Crippen molar-refractivity contribution in [1.29, 1.82) is 0 Å². The second kappa shape index (κ2) is 7.40. The lowest BCUT2D eigenvalue weighted by Crippen LogP contribution is -2.44. The highest BCUT2D eigenvalue weighted by molar-refractivity contribution is 5.93. The van der Waals surface area contributed by atoms with Crippen molar-refractivity contribution in [2.45, 2.75) is 25.2 Å². The lowest BCUT2D eigenvalue weighted by atomic mass is 9.74. The molecule has 0 unspecified atom stereocenters. The molecule has 2 N–H and O–H groups in total. The van der Waals surface area contributed by atoms with E-state index in [4.69, 9.17) is 9.15 Å². The fourth-order valence-corrected chi connectivity index (χ4v) is 3.57. The molecule has 1 aromatic carbocycles. The minimum Gasteiger partial charge on any atom is -0.463 e. The van der Waals surface area contributed by atoms with Gasteiger partial charge < -0.3 is 14.5 Å². The standard InChI is InChI=1S/C21H23N3O3/c1-15-4-6-16(7-5-15)21(8-11-26-12-9-21)14-22-20(25)18-13-17(23-24-18)19-3-2-10-27-19/h2-7,10,13H,8-9,11-12,14H2,1H3,(H,22,25)(H,23,24). The van der Waals surface area contributed by atoms with Crippen LogP contribution in [0.5, 0.6) is 0 Å². The second-order valence-corrected chi connectivity index (χ2v) is 7.09. The third-order valence-corrected chi connectivity index (χ3v) is 5.30. The minimum atomic E-state index is -0.193. The molecular weight excluding hydrogens is 342 g/mol. The van der Waals surface area contributed by atoms with Crippen LogP contribution in [0, 0.1) is 6.92 Å². The molecule has 1 amide bonds. The summed E-state index contributed by atoms with van der Waals surface area (Å²) in [5.41, 5.74) is 3.40. The number of aryl methyl sites for hydroxylation is 1. The van der Waals surface area contributed by atoms with E-state index in [1.165, 1.54) is 11.1 Å². The zero-order chi connectivity index (χ0) is 18.7. The van der Waals surface area contributed by atoms with E-state index in [9.17, 15) is 4.79 Å². The number of H-pyrrole nitrogens is 1. The van der Waals surface area contributed by atoms with Crippen LogP contribution < -0.4 is 5.32 Å². The predicted molar refractivity (Wildman–Crippen MR) is 102 cm³/mol. The summed E-state index contributed by atoms with van der Waals surface area (Å²) in [4.78, 5) is 12.6. The molecule has 0 saturated carbocycles. The largest absolute Gasteiger partial charge is 0.463 e. The lowest BCUT2D eigenvalue weighted by molar-refractivity contribution is 0.0486. The Balaban J connectivity index is 1.49. The molecular formula is C21H23N3O3. The first-order valence-corrected chi connectivity index (χ1v) is 9.19. The summed E-state index contributed by atoms with van der Waals surface area (Å²) in [5, 5.41) is 10.0. The topological polar surface area (TPSA) is 80.2 Å². The van der Waals surface area contributed by atoms with Gasteiger partial charge in [-0.25, -0.2) is 0 Å². The second-order valence-electron chi connectivity index (χ2n) is 7.09. The summed E-state index contributed by atoms with van der Waals surface area (Å²) < 4.78 is 10.9. The quantitative estimate of drug-likeness (QED) is 0.726. The maximum atomic E-state index is 12.6. The number of amides is 1. The van der Waals surface area contributed by atoms with Crippen LogP contribution in [0.15, 0.2) is 53.1 Å². The SMILES string of the molecule is Cc1ccc(C2(CNC(=O)c3cc(-c4ccco4)[nH]n3)CCOCC2)cc1. The molecule has 0 atom stereocenters. The van der Waals surface area contributed by atoms with Crippen LogP contribution >= 0.6 is 0 Å². The molecule has 1 aliphatic heterocycles. The van der Waals surface area contributed by atoms with Crippen LogP contribution in [-0.2, 0) is 10.2 Å². The molecule has 3 heterocycles. The number of nitrogens with one attached hydrogen (secondary N) is 2. The first-order chi connectivity index (χ1) is 13.2. The number of aromatic amines is 1. The molecule has 0 bridgehead atoms. The van der Waals surface area contributed by atoms with Crippen molar-refractivity contribution in [3.63, 3.8) is 0 Å². The van der Waals surface area contributed by atoms with Crippen LogP contribution in [0.25, 0.3) is 11.5 Å². The first-order valence-electron chi connectivity index (χ1n) is 9.19. The van der Waals surface area contributed by atoms with Crippen molar-refractivity contribution in [1.82, 2.24) is 15.5 Å². The number of rotatable bonds is 5. The van der Waals surface area contributed by atoms with Gasteiger partial charge in [-0.1, -0.05) is 29.8 Å². The lowest BCUT2D eigenvalue weighted by Gasteiger charge is -2.38. The Hall–Kier alpha value is -2.86. The van der Waals surface area contributed by atoms with Gasteiger partial charge in [-0.2, -0.15) is 5.10 Å². The molecule has 3 aromatic rings. The van der Waals surface area contributed by atoms with E-state index in [1.807, 2.05) is 6.07 Å². The summed E-state index contributed by atoms with van der Waals surface area (Å²) in [6.07, 6.45) is 3.36. The number of hydrogen-bond donors (Lipinski definition) is 2. The Morgan fingerprint density at radius 1 is 1.22 bits per heavy atom. The molecule has 1 aliphatic rings. The van der Waals surface area contributed by atoms with E-state index in [-0.39, 0.29) is 11.3 Å². The number of nitrogens with zero attached hydrogens (tertiary/aromatic N) is 1. The zero-order valence-corrected chi connectivity index (χ0v) is 15.3. The van der Waals surface area contributed by atoms with Crippen molar-refractivity contribution in [3.05, 3.63) is 65.5 Å². The van der Waals surface area contributed by atoms with Gasteiger partial charge in [0, 0.05) is 31.2 Å². The van der Waals surface area contributed by atoms with Crippen molar-refractivity contribution in [2.24, 2.45) is 0 Å². The van der Waals surface area contributed by atoms with E-state index in [1.54, 1.807) is 18.4 Å². The average molecular weight is 365 g/mol. The van der Waals surface area contributed by atoms with E-state index in [0.717, 1.165) is 12.8 Å². The van der Waals surface area contributed by atoms with Crippen molar-refractivity contribution < 1.29 is 13.9 Å². The van der Waals surface area contributed by atoms with Crippen LogP contribution in [0.2, 0.25) is 0 Å². The average Bonchev–Trinajstić information content (AvgIpc) is 3.39. The van der Waals surface area contributed by atoms with E-state index in [0.29, 0.717) is 36.9 Å². The number of ether oxygens (including phenoxy) is 1. The van der Waals surface area contributed by atoms with Crippen LogP contribution in [0.3, 0.4) is 0 Å². The molecule has 6 heteroatoms. The molecule has 0 spiro atoms. The molecule has 140 valence electrons. The summed E-state index contributed by atoms with van der Waals surface area (Å²) in [6, 6.07) is 13.9. The van der Waals surface area contributed by atoms with Gasteiger partial charge in [0.2, 0.25) is 0 Å². The first kappa shape index (κ1) is 17.5. The van der Waals surface area contributed by atoms with Gasteiger partial charge in [0.25, 0.3) is 5.91 Å². The summed E-state index contributed by atoms with van der Waals surface area (Å²) >= 11 is 0. The summed E-state index contributed by atoms with van der Waals surface area (Å²) in [5.74, 6) is 0.462. The highest BCUT2D eigenvalue weighted by Crippen LogP contribution is 2.34. The van der Waals surface area contributed by atoms with Gasteiger partial charge in [0.1, 0.15) is 5.69 Å². The number of furan rings is 1. The number of aromatic nitrogens is 2. The van der Waals surface area contributed by atoms with Gasteiger partial charge in [-0.05, 0) is 37.5 Å². The number of benzene rings is 1. The molecule has 1 saturated heterocycles. The monoisotopic (exact) mass is 365 g/mol. The maximum Gasteiger partial charge on any atom is 0.271 e. The molecule has 2 aromatic heterocycles. The molecule has 27 heavy (non-hydrogen) atoms. The van der Waals surface area contributed by atoms with Crippen molar-refractivity contribution >= 4 is 5.91 Å². The fraction of sp³-hybridized carbons (Fsp3) is 0.333. The molecule has 1 fully saturated rings. The van der Waals surface area contributed by atoms with Gasteiger partial charge in [0.15, 0.2) is 11.5 Å². The van der Waals surface area contributed by atoms with E-state index >= 15 is 0 Å². The summed E-state index contributed by atoms with van der Waals surface area (Å²) in [6.45, 7) is 4.04. The Morgan fingerprint density at radius 2 is 2.00 bits per heavy atom. The number of hydrogen-bond acceptors (Lipinski definition) is 4. The number of carbonyl (C=O) groups is 1. The van der Waals surface area contributed by atoms with Crippen LogP contribution in [0.1, 0.15) is 34.5 Å². The molecule has 4 rings (SSSR count). The zero-order valence-electron chi connectivity index (χ0n) is 15.3. The van der Waals surface area contributed by atoms with E-state index < -0.39 is 0 Å². The smallest absolute Gasteiger partial charge is 0.271 e. The Kier molecular flexibility index (Phi) is 4.81. The van der Waals surface area contributed by atoms with Crippen LogP contribution in [0.4, 0.5) is 0 Å².